The summed E-state index contributed by atoms with van der Waals surface area (Å²) in [7, 11) is 3.94. The third kappa shape index (κ3) is 3.49. The molecule has 6 heteroatoms. The quantitative estimate of drug-likeness (QED) is 0.735. The Morgan fingerprint density at radius 1 is 1.08 bits per heavy atom. The maximum absolute atomic E-state index is 4.76. The first-order chi connectivity index (χ1) is 12.2. The van der Waals surface area contributed by atoms with Crippen LogP contribution in [0.3, 0.4) is 0 Å². The van der Waals surface area contributed by atoms with Crippen LogP contribution in [-0.2, 0) is 20.6 Å². The normalized spacial score (nSPS) is 18.6. The molecule has 3 aromatic rings. The molecule has 0 aromatic carbocycles. The fourth-order valence-electron chi connectivity index (χ4n) is 3.61. The molecule has 1 unspecified atom stereocenters. The lowest BCUT2D eigenvalue weighted by atomic mass is 9.93. The molecule has 130 valence electrons. The highest BCUT2D eigenvalue weighted by molar-refractivity contribution is 5.60. The van der Waals surface area contributed by atoms with Crippen LogP contribution in [0.1, 0.15) is 30.1 Å². The Bertz CT molecular complexity index is 832. The van der Waals surface area contributed by atoms with Crippen molar-refractivity contribution in [3.05, 3.63) is 54.4 Å². The van der Waals surface area contributed by atoms with Crippen molar-refractivity contribution in [2.24, 2.45) is 14.1 Å². The predicted octanol–water partition coefficient (Wildman–Crippen LogP) is 2.60. The van der Waals surface area contributed by atoms with E-state index in [-0.39, 0.29) is 0 Å². The van der Waals surface area contributed by atoms with Crippen LogP contribution >= 0.6 is 0 Å². The monoisotopic (exact) mass is 336 g/mol. The van der Waals surface area contributed by atoms with Crippen molar-refractivity contribution in [2.75, 3.05) is 13.1 Å². The largest absolute Gasteiger partial charge is 0.297 e. The molecule has 4 heterocycles. The molecule has 1 saturated heterocycles. The number of likely N-dealkylation sites (tertiary alicyclic amines) is 1. The first-order valence-electron chi connectivity index (χ1n) is 8.83. The average molecular weight is 336 g/mol. The number of nitrogens with zero attached hydrogens (tertiary/aromatic N) is 6. The van der Waals surface area contributed by atoms with Crippen molar-refractivity contribution in [3.8, 4) is 11.1 Å². The lowest BCUT2D eigenvalue weighted by Crippen LogP contribution is -2.34. The van der Waals surface area contributed by atoms with E-state index < -0.39 is 0 Å². The van der Waals surface area contributed by atoms with Crippen molar-refractivity contribution in [2.45, 2.75) is 25.3 Å². The Kier molecular flexibility index (Phi) is 4.36. The zero-order valence-electron chi connectivity index (χ0n) is 14.8. The highest BCUT2D eigenvalue weighted by Gasteiger charge is 2.23. The van der Waals surface area contributed by atoms with Crippen molar-refractivity contribution < 1.29 is 0 Å². The van der Waals surface area contributed by atoms with E-state index in [0.29, 0.717) is 5.92 Å². The summed E-state index contributed by atoms with van der Waals surface area (Å²) in [6.45, 7) is 3.17. The molecular formula is C19H24N6. The molecule has 1 atom stereocenters. The summed E-state index contributed by atoms with van der Waals surface area (Å²) < 4.78 is 3.78. The number of hydrogen-bond acceptors (Lipinski definition) is 4. The van der Waals surface area contributed by atoms with Gasteiger partial charge in [0, 0.05) is 68.5 Å². The molecule has 0 amide bonds. The van der Waals surface area contributed by atoms with E-state index in [0.717, 1.165) is 30.8 Å². The predicted molar refractivity (Wildman–Crippen MR) is 96.9 cm³/mol. The van der Waals surface area contributed by atoms with E-state index in [9.17, 15) is 0 Å². The maximum Gasteiger partial charge on any atom is 0.0568 e. The standard InChI is InChI=1S/C19H24N6/c1-23-12-17(11-22-23)15-5-6-19(20-10-15)16-4-3-9-25(13-16)14-18-7-8-21-24(18)2/h5-8,10-12,16H,3-4,9,13-14H2,1-2H3. The van der Waals surface area contributed by atoms with Crippen LogP contribution in [-0.4, -0.2) is 42.5 Å². The van der Waals surface area contributed by atoms with Gasteiger partial charge < -0.3 is 0 Å². The minimum absolute atomic E-state index is 0.505. The number of hydrogen-bond donors (Lipinski definition) is 0. The second-order valence-corrected chi connectivity index (χ2v) is 6.89. The summed E-state index contributed by atoms with van der Waals surface area (Å²) in [5.41, 5.74) is 4.70. The average Bonchev–Trinajstić information content (AvgIpc) is 3.24. The van der Waals surface area contributed by atoms with Crippen LogP contribution in [0.4, 0.5) is 0 Å². The first-order valence-corrected chi connectivity index (χ1v) is 8.83. The van der Waals surface area contributed by atoms with Crippen LogP contribution in [0.15, 0.2) is 43.0 Å². The van der Waals surface area contributed by atoms with E-state index in [1.165, 1.54) is 24.2 Å². The molecule has 3 aromatic heterocycles. The molecule has 25 heavy (non-hydrogen) atoms. The van der Waals surface area contributed by atoms with Gasteiger partial charge in [0.2, 0.25) is 0 Å². The molecule has 0 N–H and O–H groups in total. The summed E-state index contributed by atoms with van der Waals surface area (Å²) in [6.07, 6.45) is 10.2. The Morgan fingerprint density at radius 2 is 2.00 bits per heavy atom. The number of piperidine rings is 1. The fourth-order valence-corrected chi connectivity index (χ4v) is 3.61. The van der Waals surface area contributed by atoms with E-state index in [4.69, 9.17) is 4.98 Å². The van der Waals surface area contributed by atoms with Crippen molar-refractivity contribution in [1.29, 1.82) is 0 Å². The van der Waals surface area contributed by atoms with Gasteiger partial charge in [-0.3, -0.25) is 19.2 Å². The van der Waals surface area contributed by atoms with Gasteiger partial charge in [0.25, 0.3) is 0 Å². The summed E-state index contributed by atoms with van der Waals surface area (Å²) in [5, 5.41) is 8.50. The smallest absolute Gasteiger partial charge is 0.0568 e. The van der Waals surface area contributed by atoms with Gasteiger partial charge >= 0.3 is 0 Å². The summed E-state index contributed by atoms with van der Waals surface area (Å²) in [4.78, 5) is 7.27. The Balaban J connectivity index is 1.45. The summed E-state index contributed by atoms with van der Waals surface area (Å²) in [6, 6.07) is 6.45. The maximum atomic E-state index is 4.76. The topological polar surface area (TPSA) is 51.8 Å². The van der Waals surface area contributed by atoms with Crippen LogP contribution in [0.25, 0.3) is 11.1 Å². The highest BCUT2D eigenvalue weighted by Crippen LogP contribution is 2.28. The van der Waals surface area contributed by atoms with Crippen molar-refractivity contribution >= 4 is 0 Å². The van der Waals surface area contributed by atoms with Crippen LogP contribution < -0.4 is 0 Å². The molecule has 0 aliphatic carbocycles. The zero-order chi connectivity index (χ0) is 17.2. The fraction of sp³-hybridized carbons (Fsp3) is 0.421. The minimum atomic E-state index is 0.505. The van der Waals surface area contributed by atoms with Gasteiger partial charge in [-0.1, -0.05) is 6.07 Å². The van der Waals surface area contributed by atoms with Crippen LogP contribution in [0, 0.1) is 0 Å². The molecule has 6 nitrogen and oxygen atoms in total. The molecule has 4 rings (SSSR count). The second-order valence-electron chi connectivity index (χ2n) is 6.89. The number of pyridine rings is 1. The SMILES string of the molecule is Cn1cc(-c2ccc(C3CCCN(Cc4ccnn4C)C3)nc2)cn1. The molecule has 0 radical (unpaired) electrons. The van der Waals surface area contributed by atoms with Gasteiger partial charge in [0.15, 0.2) is 0 Å². The first kappa shape index (κ1) is 16.0. The molecule has 0 bridgehead atoms. The van der Waals surface area contributed by atoms with Crippen LogP contribution in [0.2, 0.25) is 0 Å². The molecule has 1 aliphatic heterocycles. The van der Waals surface area contributed by atoms with E-state index in [2.05, 4.69) is 33.3 Å². The number of rotatable bonds is 4. The van der Waals surface area contributed by atoms with Crippen molar-refractivity contribution in [3.63, 3.8) is 0 Å². The van der Waals surface area contributed by atoms with Crippen LogP contribution in [0.5, 0.6) is 0 Å². The summed E-state index contributed by atoms with van der Waals surface area (Å²) >= 11 is 0. The molecule has 1 aliphatic rings. The van der Waals surface area contributed by atoms with Gasteiger partial charge in [0.05, 0.1) is 11.9 Å². The summed E-state index contributed by atoms with van der Waals surface area (Å²) in [5.74, 6) is 0.505. The van der Waals surface area contributed by atoms with Gasteiger partial charge in [0.1, 0.15) is 0 Å². The molecular weight excluding hydrogens is 312 g/mol. The number of aromatic nitrogens is 5. The molecule has 0 saturated carbocycles. The van der Waals surface area contributed by atoms with Gasteiger partial charge in [-0.25, -0.2) is 0 Å². The Morgan fingerprint density at radius 3 is 2.68 bits per heavy atom. The highest BCUT2D eigenvalue weighted by atomic mass is 15.3. The molecule has 0 spiro atoms. The minimum Gasteiger partial charge on any atom is -0.297 e. The van der Waals surface area contributed by atoms with Gasteiger partial charge in [-0.2, -0.15) is 10.2 Å². The third-order valence-electron chi connectivity index (χ3n) is 5.06. The zero-order valence-corrected chi connectivity index (χ0v) is 14.8. The van der Waals surface area contributed by atoms with Gasteiger partial charge in [-0.15, -0.1) is 0 Å². The lowest BCUT2D eigenvalue weighted by molar-refractivity contribution is 0.194. The number of aryl methyl sites for hydroxylation is 2. The molecule has 1 fully saturated rings. The Hall–Kier alpha value is -2.47. The van der Waals surface area contributed by atoms with Crippen molar-refractivity contribution in [1.82, 2.24) is 29.4 Å². The second kappa shape index (κ2) is 6.80. The lowest BCUT2D eigenvalue weighted by Gasteiger charge is -2.32. The van der Waals surface area contributed by atoms with E-state index in [1.54, 1.807) is 0 Å². The van der Waals surface area contributed by atoms with E-state index in [1.807, 2.05) is 48.2 Å². The van der Waals surface area contributed by atoms with Gasteiger partial charge in [-0.05, 0) is 31.5 Å². The third-order valence-corrected chi connectivity index (χ3v) is 5.06. The van der Waals surface area contributed by atoms with E-state index >= 15 is 0 Å². The Labute approximate surface area is 148 Å².